The molecule has 0 unspecified atom stereocenters. The van der Waals surface area contributed by atoms with Crippen molar-refractivity contribution in [2.75, 3.05) is 0 Å². The third-order valence-corrected chi connectivity index (χ3v) is 5.05. The van der Waals surface area contributed by atoms with Gasteiger partial charge in [0.2, 0.25) is 5.78 Å². The molecule has 3 aromatic carbocycles. The molecule has 0 N–H and O–H groups in total. The highest BCUT2D eigenvalue weighted by molar-refractivity contribution is 6.06. The van der Waals surface area contributed by atoms with E-state index in [1.54, 1.807) is 13.0 Å². The molecule has 0 bridgehead atoms. The number of ketones is 1. The summed E-state index contributed by atoms with van der Waals surface area (Å²) < 4.78 is 5.49. The maximum atomic E-state index is 12.7. The number of hydrogen-bond donors (Lipinski definition) is 0. The van der Waals surface area contributed by atoms with Crippen LogP contribution in [0.1, 0.15) is 45.2 Å². The zero-order chi connectivity index (χ0) is 18.1. The zero-order valence-electron chi connectivity index (χ0n) is 14.7. The molecule has 0 fully saturated rings. The first-order valence-corrected chi connectivity index (χ1v) is 8.98. The highest BCUT2D eigenvalue weighted by Gasteiger charge is 2.23. The Labute approximate surface area is 152 Å². The molecule has 0 amide bonds. The number of rotatable bonds is 4. The smallest absolute Gasteiger partial charge is 0.339 e. The van der Waals surface area contributed by atoms with Crippen molar-refractivity contribution in [1.82, 2.24) is 0 Å². The summed E-state index contributed by atoms with van der Waals surface area (Å²) in [6, 6.07) is 19.0. The van der Waals surface area contributed by atoms with Gasteiger partial charge in [0, 0.05) is 5.56 Å². The molecule has 0 aromatic heterocycles. The number of hydrogen-bond acceptors (Lipinski definition) is 3. The Morgan fingerprint density at radius 3 is 2.58 bits per heavy atom. The Bertz CT molecular complexity index is 998. The Hall–Kier alpha value is -2.94. The maximum absolute atomic E-state index is 12.7. The van der Waals surface area contributed by atoms with Gasteiger partial charge in [0.05, 0.1) is 5.56 Å². The van der Waals surface area contributed by atoms with E-state index in [1.165, 1.54) is 11.1 Å². The predicted octanol–water partition coefficient (Wildman–Crippen LogP) is 4.76. The van der Waals surface area contributed by atoms with Gasteiger partial charge in [0.1, 0.15) is 0 Å². The van der Waals surface area contributed by atoms with Crippen LogP contribution in [-0.2, 0) is 17.6 Å². The van der Waals surface area contributed by atoms with Gasteiger partial charge in [-0.15, -0.1) is 0 Å². The molecule has 3 heteroatoms. The zero-order valence-corrected chi connectivity index (χ0v) is 14.7. The molecule has 3 nitrogen and oxygen atoms in total. The van der Waals surface area contributed by atoms with Gasteiger partial charge in [-0.1, -0.05) is 48.5 Å². The lowest BCUT2D eigenvalue weighted by atomic mass is 10.0. The normalized spacial score (nSPS) is 14.0. The maximum Gasteiger partial charge on any atom is 0.339 e. The van der Waals surface area contributed by atoms with Gasteiger partial charge >= 0.3 is 5.97 Å². The van der Waals surface area contributed by atoms with E-state index in [-0.39, 0.29) is 5.78 Å². The summed E-state index contributed by atoms with van der Waals surface area (Å²) in [5.74, 6) is -0.628. The average molecular weight is 344 g/mol. The van der Waals surface area contributed by atoms with Crippen molar-refractivity contribution in [3.05, 3.63) is 82.9 Å². The standard InChI is InChI=1S/C23H20O3/c1-15(22(24)19-13-12-16-7-4-9-18(16)14-19)26-23(25)21-11-5-8-17-6-2-3-10-20(17)21/h2-3,5-6,8,10-15H,4,7,9H2,1H3/t15-/m1/s1. The van der Waals surface area contributed by atoms with E-state index >= 15 is 0 Å². The second kappa shape index (κ2) is 6.75. The van der Waals surface area contributed by atoms with Crippen LogP contribution in [0.15, 0.2) is 60.7 Å². The number of aryl methyl sites for hydroxylation is 2. The van der Waals surface area contributed by atoms with Gasteiger partial charge in [-0.05, 0) is 60.2 Å². The molecule has 0 radical (unpaired) electrons. The number of Topliss-reactive ketones (excluding diaryl/α,β-unsaturated/α-hetero) is 1. The van der Waals surface area contributed by atoms with Crippen molar-refractivity contribution in [3.63, 3.8) is 0 Å². The molecular weight excluding hydrogens is 324 g/mol. The fraction of sp³-hybridized carbons (Fsp3) is 0.217. The number of esters is 1. The van der Waals surface area contributed by atoms with Crippen LogP contribution in [0.2, 0.25) is 0 Å². The second-order valence-corrected chi connectivity index (χ2v) is 6.78. The molecule has 1 atom stereocenters. The fourth-order valence-electron chi connectivity index (χ4n) is 3.64. The van der Waals surface area contributed by atoms with Gasteiger partial charge in [-0.2, -0.15) is 0 Å². The summed E-state index contributed by atoms with van der Waals surface area (Å²) in [4.78, 5) is 25.3. The van der Waals surface area contributed by atoms with Crippen LogP contribution in [0.3, 0.4) is 0 Å². The monoisotopic (exact) mass is 344 g/mol. The van der Waals surface area contributed by atoms with E-state index in [0.717, 1.165) is 30.0 Å². The Morgan fingerprint density at radius 2 is 1.69 bits per heavy atom. The molecular formula is C23H20O3. The first-order chi connectivity index (χ1) is 12.6. The first kappa shape index (κ1) is 16.5. The third kappa shape index (κ3) is 3.01. The van der Waals surface area contributed by atoms with Crippen LogP contribution in [-0.4, -0.2) is 17.9 Å². The lowest BCUT2D eigenvalue weighted by Gasteiger charge is -2.14. The molecule has 4 rings (SSSR count). The summed E-state index contributed by atoms with van der Waals surface area (Å²) in [6.45, 7) is 1.64. The number of carbonyl (C=O) groups excluding carboxylic acids is 2. The summed E-state index contributed by atoms with van der Waals surface area (Å²) in [7, 11) is 0. The van der Waals surface area contributed by atoms with Crippen molar-refractivity contribution in [3.8, 4) is 0 Å². The van der Waals surface area contributed by atoms with E-state index in [2.05, 4.69) is 0 Å². The average Bonchev–Trinajstić information content (AvgIpc) is 3.14. The fourth-order valence-corrected chi connectivity index (χ4v) is 3.64. The Balaban J connectivity index is 1.54. The molecule has 0 saturated heterocycles. The van der Waals surface area contributed by atoms with Crippen LogP contribution < -0.4 is 0 Å². The quantitative estimate of drug-likeness (QED) is 0.506. The van der Waals surface area contributed by atoms with Gasteiger partial charge in [0.25, 0.3) is 0 Å². The van der Waals surface area contributed by atoms with Crippen molar-refractivity contribution < 1.29 is 14.3 Å². The van der Waals surface area contributed by atoms with E-state index in [4.69, 9.17) is 4.74 Å². The number of benzene rings is 3. The minimum absolute atomic E-state index is 0.159. The summed E-state index contributed by atoms with van der Waals surface area (Å²) in [5.41, 5.74) is 3.66. The summed E-state index contributed by atoms with van der Waals surface area (Å²) in [6.07, 6.45) is 2.41. The predicted molar refractivity (Wildman–Crippen MR) is 102 cm³/mol. The highest BCUT2D eigenvalue weighted by atomic mass is 16.5. The van der Waals surface area contributed by atoms with Crippen molar-refractivity contribution in [1.29, 1.82) is 0 Å². The van der Waals surface area contributed by atoms with Crippen LogP contribution in [0, 0.1) is 0 Å². The minimum atomic E-state index is -0.819. The van der Waals surface area contributed by atoms with Crippen molar-refractivity contribution in [2.24, 2.45) is 0 Å². The molecule has 0 saturated carbocycles. The molecule has 1 aliphatic rings. The van der Waals surface area contributed by atoms with Crippen molar-refractivity contribution >= 4 is 22.5 Å². The number of fused-ring (bicyclic) bond motifs is 2. The molecule has 26 heavy (non-hydrogen) atoms. The molecule has 1 aliphatic carbocycles. The number of carbonyl (C=O) groups is 2. The van der Waals surface area contributed by atoms with Crippen LogP contribution in [0.5, 0.6) is 0 Å². The molecule has 0 spiro atoms. The van der Waals surface area contributed by atoms with Crippen LogP contribution in [0.4, 0.5) is 0 Å². The molecule has 3 aromatic rings. The third-order valence-electron chi connectivity index (χ3n) is 5.05. The van der Waals surface area contributed by atoms with Gasteiger partial charge in [0.15, 0.2) is 6.10 Å². The minimum Gasteiger partial charge on any atom is -0.451 e. The van der Waals surface area contributed by atoms with E-state index < -0.39 is 12.1 Å². The second-order valence-electron chi connectivity index (χ2n) is 6.78. The van der Waals surface area contributed by atoms with Crippen LogP contribution in [0.25, 0.3) is 10.8 Å². The summed E-state index contributed by atoms with van der Waals surface area (Å²) in [5, 5.41) is 1.80. The summed E-state index contributed by atoms with van der Waals surface area (Å²) >= 11 is 0. The van der Waals surface area contributed by atoms with E-state index in [1.807, 2.05) is 54.6 Å². The van der Waals surface area contributed by atoms with Gasteiger partial charge < -0.3 is 4.74 Å². The molecule has 130 valence electrons. The highest BCUT2D eigenvalue weighted by Crippen LogP contribution is 2.24. The number of ether oxygens (including phenoxy) is 1. The Morgan fingerprint density at radius 1 is 0.923 bits per heavy atom. The SMILES string of the molecule is C[C@@H](OC(=O)c1cccc2ccccc12)C(=O)c1ccc2c(c1)CCC2. The van der Waals surface area contributed by atoms with E-state index in [9.17, 15) is 9.59 Å². The van der Waals surface area contributed by atoms with Crippen molar-refractivity contribution in [2.45, 2.75) is 32.3 Å². The van der Waals surface area contributed by atoms with E-state index in [0.29, 0.717) is 11.1 Å². The molecule has 0 heterocycles. The van der Waals surface area contributed by atoms with Gasteiger partial charge in [-0.25, -0.2) is 4.79 Å². The first-order valence-electron chi connectivity index (χ1n) is 8.98. The van der Waals surface area contributed by atoms with Crippen LogP contribution >= 0.6 is 0 Å². The lowest BCUT2D eigenvalue weighted by Crippen LogP contribution is -2.24. The lowest BCUT2D eigenvalue weighted by molar-refractivity contribution is 0.0320. The Kier molecular flexibility index (Phi) is 4.29. The van der Waals surface area contributed by atoms with Gasteiger partial charge in [-0.3, -0.25) is 4.79 Å². The largest absolute Gasteiger partial charge is 0.451 e. The topological polar surface area (TPSA) is 43.4 Å². The molecule has 0 aliphatic heterocycles.